The topological polar surface area (TPSA) is 71.3 Å². The smallest absolute Gasteiger partial charge is 0.322 e. The van der Waals surface area contributed by atoms with Gasteiger partial charge in [-0.05, 0) is 61.4 Å². The Balaban J connectivity index is 1.58. The second-order valence-corrected chi connectivity index (χ2v) is 8.87. The van der Waals surface area contributed by atoms with Gasteiger partial charge in [0.15, 0.2) is 0 Å². The molecule has 8 heteroatoms. The fourth-order valence-corrected chi connectivity index (χ4v) is 4.21. The molecule has 1 atom stereocenters. The second kappa shape index (κ2) is 9.35. The van der Waals surface area contributed by atoms with Crippen molar-refractivity contribution in [2.75, 3.05) is 0 Å². The number of amides is 2. The van der Waals surface area contributed by atoms with Crippen LogP contribution in [-0.4, -0.2) is 21.1 Å². The zero-order valence-electron chi connectivity index (χ0n) is 19.1. The van der Waals surface area contributed by atoms with Gasteiger partial charge in [-0.2, -0.15) is 4.98 Å². The van der Waals surface area contributed by atoms with Crippen molar-refractivity contribution in [2.24, 2.45) is 0 Å². The number of carbonyl (C=O) groups excluding carboxylic acids is 1. The summed E-state index contributed by atoms with van der Waals surface area (Å²) in [7, 11) is 0. The Labute approximate surface area is 207 Å². The first-order valence-electron chi connectivity index (χ1n) is 11.1. The quantitative estimate of drug-likeness (QED) is 0.346. The van der Waals surface area contributed by atoms with Gasteiger partial charge in [0.25, 0.3) is 5.89 Å². The van der Waals surface area contributed by atoms with E-state index in [0.29, 0.717) is 28.0 Å². The Morgan fingerprint density at radius 3 is 2.37 bits per heavy atom. The summed E-state index contributed by atoms with van der Waals surface area (Å²) >= 11 is 6.01. The number of hydrogen-bond acceptors (Lipinski definition) is 4. The summed E-state index contributed by atoms with van der Waals surface area (Å²) in [5.41, 5.74) is 4.93. The molecule has 0 aliphatic carbocycles. The van der Waals surface area contributed by atoms with Crippen molar-refractivity contribution < 1.29 is 13.7 Å². The molecule has 4 aromatic rings. The first-order chi connectivity index (χ1) is 16.9. The minimum atomic E-state index is -0.480. The lowest BCUT2D eigenvalue weighted by Gasteiger charge is -2.35. The van der Waals surface area contributed by atoms with Crippen molar-refractivity contribution >= 4 is 23.2 Å². The van der Waals surface area contributed by atoms with E-state index in [0.717, 1.165) is 22.3 Å². The molecule has 6 nitrogen and oxygen atoms in total. The number of aryl methyl sites for hydroxylation is 1. The second-order valence-electron chi connectivity index (χ2n) is 8.43. The number of aromatic nitrogens is 2. The van der Waals surface area contributed by atoms with E-state index in [9.17, 15) is 9.18 Å². The molecule has 0 bridgehead atoms. The number of carbonyl (C=O) groups is 1. The molecule has 1 unspecified atom stereocenters. The maximum absolute atomic E-state index is 13.4. The Hall–Kier alpha value is -3.97. The highest BCUT2D eigenvalue weighted by atomic mass is 35.5. The van der Waals surface area contributed by atoms with E-state index in [4.69, 9.17) is 16.1 Å². The Morgan fingerprint density at radius 1 is 1.00 bits per heavy atom. The third-order valence-corrected chi connectivity index (χ3v) is 6.27. The summed E-state index contributed by atoms with van der Waals surface area (Å²) in [5, 5.41) is 7.86. The Bertz CT molecular complexity index is 1400. The lowest BCUT2D eigenvalue weighted by molar-refractivity contribution is 0.203. The van der Waals surface area contributed by atoms with Crippen LogP contribution in [0.5, 0.6) is 0 Å². The number of allylic oxidation sites excluding steroid dienone is 1. The first kappa shape index (κ1) is 22.8. The highest BCUT2D eigenvalue weighted by Crippen LogP contribution is 2.38. The highest BCUT2D eigenvalue weighted by Gasteiger charge is 2.35. The summed E-state index contributed by atoms with van der Waals surface area (Å²) in [4.78, 5) is 19.4. The summed E-state index contributed by atoms with van der Waals surface area (Å²) < 4.78 is 19.1. The lowest BCUT2D eigenvalue weighted by atomic mass is 9.94. The largest absolute Gasteiger partial charge is 0.334 e. The molecule has 0 saturated carbocycles. The summed E-state index contributed by atoms with van der Waals surface area (Å²) in [6, 6.07) is 20.4. The van der Waals surface area contributed by atoms with Crippen LogP contribution in [0.3, 0.4) is 0 Å². The van der Waals surface area contributed by atoms with E-state index < -0.39 is 6.04 Å². The molecule has 0 fully saturated rings. The van der Waals surface area contributed by atoms with Gasteiger partial charge in [0, 0.05) is 16.3 Å². The van der Waals surface area contributed by atoms with Gasteiger partial charge >= 0.3 is 6.03 Å². The van der Waals surface area contributed by atoms with Crippen LogP contribution >= 0.6 is 11.6 Å². The van der Waals surface area contributed by atoms with Crippen molar-refractivity contribution in [2.45, 2.75) is 26.4 Å². The van der Waals surface area contributed by atoms with E-state index >= 15 is 0 Å². The number of rotatable bonds is 5. The highest BCUT2D eigenvalue weighted by molar-refractivity contribution is 6.30. The number of hydrogen-bond donors (Lipinski definition) is 1. The summed E-state index contributed by atoms with van der Waals surface area (Å²) in [6.07, 6.45) is 0. The third-order valence-electron chi connectivity index (χ3n) is 6.02. The van der Waals surface area contributed by atoms with Crippen molar-refractivity contribution in [3.63, 3.8) is 0 Å². The van der Waals surface area contributed by atoms with Crippen LogP contribution in [0, 0.1) is 12.7 Å². The molecule has 5 rings (SSSR count). The fraction of sp³-hybridized carbons (Fsp3) is 0.148. The van der Waals surface area contributed by atoms with Crippen LogP contribution in [0.25, 0.3) is 17.0 Å². The van der Waals surface area contributed by atoms with Crippen LogP contribution < -0.4 is 5.32 Å². The molecular weight excluding hydrogens is 467 g/mol. The zero-order valence-corrected chi connectivity index (χ0v) is 19.9. The summed E-state index contributed by atoms with van der Waals surface area (Å²) in [6.45, 7) is 4.12. The molecule has 1 aliphatic heterocycles. The lowest BCUT2D eigenvalue weighted by Crippen LogP contribution is -2.45. The minimum Gasteiger partial charge on any atom is -0.334 e. The summed E-state index contributed by atoms with van der Waals surface area (Å²) in [5.74, 6) is 0.397. The van der Waals surface area contributed by atoms with Crippen LogP contribution in [-0.2, 0) is 6.54 Å². The standard InChI is InChI=1S/C27H22ClFN4O2/c1-16-3-7-19(8-4-16)24-23(26-31-25(32-35-26)20-9-11-21(28)12-10-20)17(2)33(27(34)30-24)15-18-5-13-22(29)14-6-18/h3-14,24H,15H2,1-2H3,(H,30,34). The van der Waals surface area contributed by atoms with Gasteiger partial charge in [-0.25, -0.2) is 9.18 Å². The van der Waals surface area contributed by atoms with E-state index in [1.54, 1.807) is 29.2 Å². The van der Waals surface area contributed by atoms with E-state index in [1.807, 2.05) is 50.2 Å². The average molecular weight is 489 g/mol. The first-order valence-corrected chi connectivity index (χ1v) is 11.5. The maximum atomic E-state index is 13.4. The molecule has 1 aliphatic rings. The molecule has 3 aromatic carbocycles. The molecule has 2 amide bonds. The predicted octanol–water partition coefficient (Wildman–Crippen LogP) is 6.54. The monoisotopic (exact) mass is 488 g/mol. The molecule has 176 valence electrons. The van der Waals surface area contributed by atoms with Crippen molar-refractivity contribution in [3.8, 4) is 11.4 Å². The van der Waals surface area contributed by atoms with Gasteiger partial charge in [0.2, 0.25) is 5.82 Å². The normalized spacial score (nSPS) is 15.9. The van der Waals surface area contributed by atoms with Gasteiger partial charge in [-0.15, -0.1) is 0 Å². The van der Waals surface area contributed by atoms with Crippen LogP contribution in [0.15, 0.2) is 83.0 Å². The minimum absolute atomic E-state index is 0.264. The molecule has 35 heavy (non-hydrogen) atoms. The van der Waals surface area contributed by atoms with Crippen LogP contribution in [0.2, 0.25) is 5.02 Å². The van der Waals surface area contributed by atoms with E-state index in [1.165, 1.54) is 12.1 Å². The van der Waals surface area contributed by atoms with Crippen LogP contribution in [0.1, 0.15) is 35.5 Å². The third kappa shape index (κ3) is 4.68. The molecule has 1 aromatic heterocycles. The molecule has 0 spiro atoms. The van der Waals surface area contributed by atoms with Crippen molar-refractivity contribution in [3.05, 3.63) is 112 Å². The molecule has 0 saturated heterocycles. The SMILES string of the molecule is CC1=C(c2nc(-c3ccc(Cl)cc3)no2)C(c2ccc(C)cc2)NC(=O)N1Cc1ccc(F)cc1. The molecule has 2 heterocycles. The van der Waals surface area contributed by atoms with Gasteiger partial charge < -0.3 is 9.84 Å². The molecule has 0 radical (unpaired) electrons. The Kier molecular flexibility index (Phi) is 6.09. The number of nitrogens with one attached hydrogen (secondary N) is 1. The predicted molar refractivity (Wildman–Crippen MR) is 132 cm³/mol. The number of halogens is 2. The number of nitrogens with zero attached hydrogens (tertiary/aromatic N) is 3. The number of benzene rings is 3. The van der Waals surface area contributed by atoms with Gasteiger partial charge in [0.05, 0.1) is 18.2 Å². The van der Waals surface area contributed by atoms with Gasteiger partial charge in [-0.3, -0.25) is 4.90 Å². The molecule has 1 N–H and O–H groups in total. The van der Waals surface area contributed by atoms with Gasteiger partial charge in [-0.1, -0.05) is 58.7 Å². The maximum Gasteiger partial charge on any atom is 0.322 e. The van der Waals surface area contributed by atoms with E-state index in [2.05, 4.69) is 15.5 Å². The number of urea groups is 1. The average Bonchev–Trinajstić information content (AvgIpc) is 3.33. The van der Waals surface area contributed by atoms with E-state index in [-0.39, 0.29) is 18.4 Å². The van der Waals surface area contributed by atoms with Crippen LogP contribution in [0.4, 0.5) is 9.18 Å². The fourth-order valence-electron chi connectivity index (χ4n) is 4.08. The zero-order chi connectivity index (χ0) is 24.5. The Morgan fingerprint density at radius 2 is 1.69 bits per heavy atom. The molecular formula is C27H22ClFN4O2. The van der Waals surface area contributed by atoms with Crippen molar-refractivity contribution in [1.82, 2.24) is 20.4 Å². The van der Waals surface area contributed by atoms with Crippen molar-refractivity contribution in [1.29, 1.82) is 0 Å². The van der Waals surface area contributed by atoms with Gasteiger partial charge in [0.1, 0.15) is 5.82 Å².